The molecular weight excluding hydrogens is 426 g/mol. The Morgan fingerprint density at radius 3 is 2.84 bits per heavy atom. The van der Waals surface area contributed by atoms with E-state index in [9.17, 15) is 20.0 Å². The van der Waals surface area contributed by atoms with Crippen LogP contribution in [0.3, 0.4) is 0 Å². The van der Waals surface area contributed by atoms with Gasteiger partial charge < -0.3 is 20.5 Å². The maximum Gasteiger partial charge on any atom is 0.234 e. The van der Waals surface area contributed by atoms with Crippen LogP contribution in [0.5, 0.6) is 11.5 Å². The molecule has 1 atom stereocenters. The summed E-state index contributed by atoms with van der Waals surface area (Å²) in [6.07, 6.45) is 0.0952. The molecule has 1 heterocycles. The Morgan fingerprint density at radius 1 is 1.34 bits per heavy atom. The van der Waals surface area contributed by atoms with Crippen LogP contribution < -0.4 is 15.4 Å². The molecule has 0 unspecified atom stereocenters. The van der Waals surface area contributed by atoms with E-state index in [0.717, 1.165) is 28.6 Å². The molecule has 3 N–H and O–H groups in total. The van der Waals surface area contributed by atoms with Crippen molar-refractivity contribution in [2.75, 3.05) is 17.7 Å². The lowest BCUT2D eigenvalue weighted by Gasteiger charge is -2.25. The highest BCUT2D eigenvalue weighted by Gasteiger charge is 2.30. The van der Waals surface area contributed by atoms with Gasteiger partial charge in [0.05, 0.1) is 29.0 Å². The number of phenols is 1. The maximum absolute atomic E-state index is 12.5. The summed E-state index contributed by atoms with van der Waals surface area (Å²) in [5.74, 6) is -0.615. The molecule has 1 aliphatic rings. The molecule has 0 radical (unpaired) electrons. The van der Waals surface area contributed by atoms with Gasteiger partial charge in [0.25, 0.3) is 0 Å². The Labute approximate surface area is 191 Å². The molecule has 0 fully saturated rings. The monoisotopic (exact) mass is 451 g/mol. The van der Waals surface area contributed by atoms with Crippen molar-refractivity contribution in [1.29, 1.82) is 5.26 Å². The minimum atomic E-state index is -0.488. The van der Waals surface area contributed by atoms with Crippen LogP contribution in [0.2, 0.25) is 0 Å². The van der Waals surface area contributed by atoms with Crippen molar-refractivity contribution in [3.8, 4) is 17.6 Å². The third kappa shape index (κ3) is 5.24. The largest absolute Gasteiger partial charge is 0.504 e. The predicted molar refractivity (Wildman–Crippen MR) is 124 cm³/mol. The number of anilines is 1. The van der Waals surface area contributed by atoms with Crippen molar-refractivity contribution >= 4 is 29.3 Å². The Hall–Kier alpha value is -3.44. The van der Waals surface area contributed by atoms with Gasteiger partial charge in [0, 0.05) is 18.0 Å². The average Bonchev–Trinajstić information content (AvgIpc) is 2.76. The van der Waals surface area contributed by atoms with Gasteiger partial charge in [-0.25, -0.2) is 0 Å². The van der Waals surface area contributed by atoms with E-state index in [-0.39, 0.29) is 29.7 Å². The van der Waals surface area contributed by atoms with E-state index in [4.69, 9.17) is 4.74 Å². The van der Waals surface area contributed by atoms with E-state index in [1.807, 2.05) is 32.0 Å². The van der Waals surface area contributed by atoms with Crippen LogP contribution in [0.1, 0.15) is 36.0 Å². The number of hydrogen-bond acceptors (Lipinski definition) is 6. The fourth-order valence-electron chi connectivity index (χ4n) is 3.45. The van der Waals surface area contributed by atoms with Crippen molar-refractivity contribution in [2.45, 2.75) is 33.1 Å². The fraction of sp³-hybridized carbons (Fsp3) is 0.292. The number of nitriles is 1. The molecule has 1 aliphatic heterocycles. The molecule has 0 bridgehead atoms. The van der Waals surface area contributed by atoms with Crippen molar-refractivity contribution in [3.63, 3.8) is 0 Å². The second-order valence-corrected chi connectivity index (χ2v) is 8.39. The number of thioether (sulfide) groups is 1. The summed E-state index contributed by atoms with van der Waals surface area (Å²) in [5.41, 5.74) is 3.87. The summed E-state index contributed by atoms with van der Waals surface area (Å²) in [6.45, 7) is 6.09. The topological polar surface area (TPSA) is 111 Å². The Balaban J connectivity index is 1.80. The van der Waals surface area contributed by atoms with Crippen molar-refractivity contribution in [3.05, 3.63) is 63.7 Å². The van der Waals surface area contributed by atoms with Gasteiger partial charge in [-0.1, -0.05) is 30.0 Å². The molecule has 2 aromatic rings. The van der Waals surface area contributed by atoms with Crippen LogP contribution >= 0.6 is 11.8 Å². The number of nitrogens with zero attached hydrogens (tertiary/aromatic N) is 1. The molecule has 2 aromatic carbocycles. The summed E-state index contributed by atoms with van der Waals surface area (Å²) in [6, 6.07) is 12.7. The zero-order valence-corrected chi connectivity index (χ0v) is 19.0. The molecule has 0 spiro atoms. The van der Waals surface area contributed by atoms with Crippen molar-refractivity contribution < 1.29 is 19.4 Å². The van der Waals surface area contributed by atoms with E-state index in [1.165, 1.54) is 6.07 Å². The van der Waals surface area contributed by atoms with E-state index >= 15 is 0 Å². The van der Waals surface area contributed by atoms with Crippen molar-refractivity contribution in [1.82, 2.24) is 5.32 Å². The molecule has 2 amide bonds. The molecule has 7 nitrogen and oxygen atoms in total. The molecule has 0 saturated carbocycles. The zero-order valence-electron chi connectivity index (χ0n) is 18.2. The lowest BCUT2D eigenvalue weighted by molar-refractivity contribution is -0.121. The number of ether oxygens (including phenoxy) is 1. The first-order valence-electron chi connectivity index (χ1n) is 10.2. The SMILES string of the molecule is CCOc1cc([C@H]2CC(=O)NC(SCC(=O)Nc3cccc(C)c3C)=C2C#N)ccc1O. The van der Waals surface area contributed by atoms with Gasteiger partial charge in [0.15, 0.2) is 11.5 Å². The van der Waals surface area contributed by atoms with Crippen molar-refractivity contribution in [2.24, 2.45) is 0 Å². The van der Waals surface area contributed by atoms with Gasteiger partial charge in [-0.15, -0.1) is 0 Å². The van der Waals surface area contributed by atoms with Gasteiger partial charge in [0.1, 0.15) is 0 Å². The zero-order chi connectivity index (χ0) is 23.3. The molecule has 0 aromatic heterocycles. The standard InChI is InChI=1S/C24H25N3O4S/c1-4-31-21-10-16(8-9-20(21)28)17-11-22(29)27-24(18(17)12-25)32-13-23(30)26-19-7-5-6-14(2)15(19)3/h5-10,17,28H,4,11,13H2,1-3H3,(H,26,30)(H,27,29)/t17-/m1/s1. The minimum Gasteiger partial charge on any atom is -0.504 e. The maximum atomic E-state index is 12.5. The lowest BCUT2D eigenvalue weighted by Crippen LogP contribution is -2.31. The predicted octanol–water partition coefficient (Wildman–Crippen LogP) is 4.12. The number of aromatic hydroxyl groups is 1. The Kier molecular flexibility index (Phi) is 7.44. The van der Waals surface area contributed by atoms with Gasteiger partial charge in [-0.2, -0.15) is 5.26 Å². The number of phenolic OH excluding ortho intramolecular Hbond substituents is 1. The second-order valence-electron chi connectivity index (χ2n) is 7.40. The van der Waals surface area contributed by atoms with Crippen LogP contribution in [0, 0.1) is 25.2 Å². The number of aryl methyl sites for hydroxylation is 1. The highest BCUT2D eigenvalue weighted by Crippen LogP contribution is 2.39. The van der Waals surface area contributed by atoms with Gasteiger partial charge >= 0.3 is 0 Å². The summed E-state index contributed by atoms with van der Waals surface area (Å²) >= 11 is 1.12. The number of hydrogen-bond donors (Lipinski definition) is 3. The number of benzene rings is 2. The number of nitrogens with one attached hydrogen (secondary N) is 2. The molecule has 0 saturated heterocycles. The third-order valence-electron chi connectivity index (χ3n) is 5.27. The number of carbonyl (C=O) groups excluding carboxylic acids is 2. The summed E-state index contributed by atoms with van der Waals surface area (Å²) in [4.78, 5) is 24.9. The van der Waals surface area contributed by atoms with Gasteiger partial charge in [-0.05, 0) is 55.7 Å². The quantitative estimate of drug-likeness (QED) is 0.584. The molecule has 166 valence electrons. The van der Waals surface area contributed by atoms with Crippen LogP contribution in [-0.2, 0) is 9.59 Å². The van der Waals surface area contributed by atoms with Crippen LogP contribution in [0.4, 0.5) is 5.69 Å². The molecular formula is C24H25N3O4S. The summed E-state index contributed by atoms with van der Waals surface area (Å²) < 4.78 is 5.44. The first-order valence-corrected chi connectivity index (χ1v) is 11.2. The highest BCUT2D eigenvalue weighted by molar-refractivity contribution is 8.03. The highest BCUT2D eigenvalue weighted by atomic mass is 32.2. The first-order chi connectivity index (χ1) is 15.3. The summed E-state index contributed by atoms with van der Waals surface area (Å²) in [7, 11) is 0. The van der Waals surface area contributed by atoms with Gasteiger partial charge in [-0.3, -0.25) is 9.59 Å². The lowest BCUT2D eigenvalue weighted by atomic mass is 9.87. The molecule has 8 heteroatoms. The number of allylic oxidation sites excluding steroid dienone is 1. The average molecular weight is 452 g/mol. The van der Waals surface area contributed by atoms with Gasteiger partial charge in [0.2, 0.25) is 11.8 Å². The Morgan fingerprint density at radius 2 is 2.12 bits per heavy atom. The van der Waals surface area contributed by atoms with Crippen LogP contribution in [0.15, 0.2) is 47.0 Å². The summed E-state index contributed by atoms with van der Waals surface area (Å²) in [5, 5.41) is 25.8. The number of carbonyl (C=O) groups is 2. The Bertz CT molecular complexity index is 1120. The third-order valence-corrected chi connectivity index (χ3v) is 6.29. The fourth-order valence-corrected chi connectivity index (χ4v) is 4.32. The number of amides is 2. The van der Waals surface area contributed by atoms with E-state index in [0.29, 0.717) is 28.5 Å². The first kappa shape index (κ1) is 23.2. The second kappa shape index (κ2) is 10.2. The molecule has 0 aliphatic carbocycles. The van der Waals surface area contributed by atoms with E-state index in [1.54, 1.807) is 19.1 Å². The van der Waals surface area contributed by atoms with Crippen LogP contribution in [-0.4, -0.2) is 29.3 Å². The molecule has 3 rings (SSSR count). The van der Waals surface area contributed by atoms with E-state index < -0.39 is 5.92 Å². The smallest absolute Gasteiger partial charge is 0.234 e. The molecule has 32 heavy (non-hydrogen) atoms. The minimum absolute atomic E-state index is 0.00365. The normalized spacial score (nSPS) is 15.7. The van der Waals surface area contributed by atoms with Crippen LogP contribution in [0.25, 0.3) is 0 Å². The number of rotatable bonds is 7. The van der Waals surface area contributed by atoms with E-state index in [2.05, 4.69) is 16.7 Å².